The van der Waals surface area contributed by atoms with Gasteiger partial charge in [0.2, 0.25) is 5.91 Å². The number of ether oxygens (including phenoxy) is 2. The van der Waals surface area contributed by atoms with Crippen LogP contribution in [0.4, 0.5) is 10.5 Å². The average molecular weight is 383 g/mol. The van der Waals surface area contributed by atoms with E-state index in [1.54, 1.807) is 9.80 Å². The van der Waals surface area contributed by atoms with Gasteiger partial charge in [-0.3, -0.25) is 4.79 Å². The van der Waals surface area contributed by atoms with Crippen molar-refractivity contribution in [2.24, 2.45) is 0 Å². The molecule has 1 aliphatic heterocycles. The molecule has 1 aliphatic rings. The first-order valence-electron chi connectivity index (χ1n) is 9.31. The summed E-state index contributed by atoms with van der Waals surface area (Å²) in [6.07, 6.45) is 0.743. The second-order valence-electron chi connectivity index (χ2n) is 6.52. The summed E-state index contributed by atoms with van der Waals surface area (Å²) in [6.45, 7) is 2.33. The Hall–Kier alpha value is -3.06. The zero-order valence-corrected chi connectivity index (χ0v) is 16.0. The smallest absolute Gasteiger partial charge is 0.321 e. The highest BCUT2D eigenvalue weighted by Crippen LogP contribution is 2.22. The van der Waals surface area contributed by atoms with Crippen molar-refractivity contribution in [3.63, 3.8) is 0 Å². The van der Waals surface area contributed by atoms with Gasteiger partial charge in [0, 0.05) is 39.0 Å². The first-order chi connectivity index (χ1) is 13.7. The Morgan fingerprint density at radius 2 is 1.54 bits per heavy atom. The molecule has 7 heteroatoms. The molecule has 148 valence electrons. The molecule has 0 saturated carbocycles. The normalized spacial score (nSPS) is 14.3. The highest BCUT2D eigenvalue weighted by atomic mass is 16.5. The van der Waals surface area contributed by atoms with Gasteiger partial charge in [0.1, 0.15) is 18.1 Å². The van der Waals surface area contributed by atoms with Gasteiger partial charge in [-0.15, -0.1) is 0 Å². The number of anilines is 1. The minimum absolute atomic E-state index is 0.0428. The van der Waals surface area contributed by atoms with Crippen molar-refractivity contribution in [3.8, 4) is 11.5 Å². The molecule has 1 heterocycles. The van der Waals surface area contributed by atoms with Crippen LogP contribution < -0.4 is 10.1 Å². The molecule has 3 amide bonds. The second-order valence-corrected chi connectivity index (χ2v) is 6.52. The Morgan fingerprint density at radius 1 is 0.893 bits per heavy atom. The van der Waals surface area contributed by atoms with E-state index in [-0.39, 0.29) is 18.5 Å². The minimum atomic E-state index is -0.169. The third kappa shape index (κ3) is 5.47. The van der Waals surface area contributed by atoms with Crippen molar-refractivity contribution in [2.45, 2.75) is 6.42 Å². The number of methoxy groups -OCH3 is 1. The van der Waals surface area contributed by atoms with Crippen LogP contribution in [0, 0.1) is 0 Å². The van der Waals surface area contributed by atoms with Crippen molar-refractivity contribution < 1.29 is 19.1 Å². The van der Waals surface area contributed by atoms with E-state index < -0.39 is 0 Å². The van der Waals surface area contributed by atoms with Gasteiger partial charge in [-0.2, -0.15) is 0 Å². The zero-order chi connectivity index (χ0) is 19.8. The number of rotatable bonds is 5. The third-order valence-corrected chi connectivity index (χ3v) is 4.49. The van der Waals surface area contributed by atoms with Gasteiger partial charge in [0.15, 0.2) is 0 Å². The molecule has 0 aliphatic carbocycles. The van der Waals surface area contributed by atoms with E-state index in [0.717, 1.165) is 12.2 Å². The summed E-state index contributed by atoms with van der Waals surface area (Å²) in [5.74, 6) is 1.42. The van der Waals surface area contributed by atoms with Crippen LogP contribution in [0.25, 0.3) is 0 Å². The molecule has 1 fully saturated rings. The SMILES string of the molecule is COCC(=O)N1CCCN(C(=O)Nc2ccc(Oc3ccccc3)cc2)CC1. The van der Waals surface area contributed by atoms with E-state index in [9.17, 15) is 9.59 Å². The summed E-state index contributed by atoms with van der Waals surface area (Å²) in [5, 5.41) is 2.90. The number of urea groups is 1. The van der Waals surface area contributed by atoms with Gasteiger partial charge in [-0.05, 0) is 42.8 Å². The van der Waals surface area contributed by atoms with Crippen LogP contribution >= 0.6 is 0 Å². The average Bonchev–Trinajstić information content (AvgIpc) is 2.97. The summed E-state index contributed by atoms with van der Waals surface area (Å²) in [4.78, 5) is 28.0. The molecule has 7 nitrogen and oxygen atoms in total. The fourth-order valence-corrected chi connectivity index (χ4v) is 3.02. The fourth-order valence-electron chi connectivity index (χ4n) is 3.02. The summed E-state index contributed by atoms with van der Waals surface area (Å²) in [7, 11) is 1.51. The zero-order valence-electron chi connectivity index (χ0n) is 16.0. The largest absolute Gasteiger partial charge is 0.457 e. The monoisotopic (exact) mass is 383 g/mol. The van der Waals surface area contributed by atoms with E-state index in [4.69, 9.17) is 9.47 Å². The summed E-state index contributed by atoms with van der Waals surface area (Å²) < 4.78 is 10.7. The van der Waals surface area contributed by atoms with Crippen molar-refractivity contribution in [1.29, 1.82) is 0 Å². The Balaban J connectivity index is 1.52. The molecule has 1 N–H and O–H groups in total. The molecule has 0 aromatic heterocycles. The minimum Gasteiger partial charge on any atom is -0.457 e. The Morgan fingerprint density at radius 3 is 2.25 bits per heavy atom. The molecule has 0 radical (unpaired) electrons. The van der Waals surface area contributed by atoms with E-state index in [2.05, 4.69) is 5.32 Å². The number of hydrogen-bond donors (Lipinski definition) is 1. The molecule has 2 aromatic rings. The quantitative estimate of drug-likeness (QED) is 0.861. The highest BCUT2D eigenvalue weighted by molar-refractivity contribution is 5.89. The number of hydrogen-bond acceptors (Lipinski definition) is 4. The predicted molar refractivity (Wildman–Crippen MR) is 107 cm³/mol. The number of carbonyl (C=O) groups is 2. The van der Waals surface area contributed by atoms with E-state index in [1.807, 2.05) is 54.6 Å². The topological polar surface area (TPSA) is 71.1 Å². The van der Waals surface area contributed by atoms with Gasteiger partial charge in [0.25, 0.3) is 0 Å². The molecular weight excluding hydrogens is 358 g/mol. The summed E-state index contributed by atoms with van der Waals surface area (Å²) in [5.41, 5.74) is 0.696. The first-order valence-corrected chi connectivity index (χ1v) is 9.31. The predicted octanol–water partition coefficient (Wildman–Crippen LogP) is 3.19. The van der Waals surface area contributed by atoms with Crippen molar-refractivity contribution in [2.75, 3.05) is 45.2 Å². The lowest BCUT2D eigenvalue weighted by molar-refractivity contribution is -0.134. The summed E-state index contributed by atoms with van der Waals surface area (Å²) >= 11 is 0. The Labute approximate surface area is 164 Å². The second kappa shape index (κ2) is 9.75. The molecule has 0 spiro atoms. The van der Waals surface area contributed by atoms with Crippen LogP contribution in [-0.4, -0.2) is 61.6 Å². The van der Waals surface area contributed by atoms with Gasteiger partial charge in [0.05, 0.1) is 0 Å². The number of nitrogens with zero attached hydrogens (tertiary/aromatic N) is 2. The lowest BCUT2D eigenvalue weighted by Gasteiger charge is -2.22. The van der Waals surface area contributed by atoms with E-state index in [1.165, 1.54) is 7.11 Å². The lowest BCUT2D eigenvalue weighted by atomic mass is 10.3. The molecule has 2 aromatic carbocycles. The molecule has 3 rings (SSSR count). The molecule has 0 bridgehead atoms. The summed E-state index contributed by atoms with van der Waals surface area (Å²) in [6, 6.07) is 16.6. The number of nitrogens with one attached hydrogen (secondary N) is 1. The van der Waals surface area contributed by atoms with Crippen LogP contribution in [-0.2, 0) is 9.53 Å². The van der Waals surface area contributed by atoms with Crippen LogP contribution in [0.1, 0.15) is 6.42 Å². The van der Waals surface area contributed by atoms with E-state index in [0.29, 0.717) is 37.6 Å². The van der Waals surface area contributed by atoms with Crippen molar-refractivity contribution in [3.05, 3.63) is 54.6 Å². The van der Waals surface area contributed by atoms with Crippen LogP contribution in [0.3, 0.4) is 0 Å². The van der Waals surface area contributed by atoms with Crippen LogP contribution in [0.2, 0.25) is 0 Å². The standard InChI is InChI=1S/C21H25N3O4/c1-27-16-20(25)23-12-5-13-24(15-14-23)21(26)22-17-8-10-19(11-9-17)28-18-6-3-2-4-7-18/h2-4,6-11H,5,12-16H2,1H3,(H,22,26). The number of carbonyl (C=O) groups excluding carboxylic acids is 2. The van der Waals surface area contributed by atoms with Gasteiger partial charge in [-0.1, -0.05) is 18.2 Å². The maximum Gasteiger partial charge on any atom is 0.321 e. The lowest BCUT2D eigenvalue weighted by Crippen LogP contribution is -2.40. The molecule has 28 heavy (non-hydrogen) atoms. The van der Waals surface area contributed by atoms with Gasteiger partial charge >= 0.3 is 6.03 Å². The molecule has 0 unspecified atom stereocenters. The Bertz CT molecular complexity index is 780. The van der Waals surface area contributed by atoms with E-state index >= 15 is 0 Å². The first kappa shape index (κ1) is 19.7. The van der Waals surface area contributed by atoms with Crippen LogP contribution in [0.5, 0.6) is 11.5 Å². The van der Waals surface area contributed by atoms with Crippen molar-refractivity contribution >= 4 is 17.6 Å². The van der Waals surface area contributed by atoms with Crippen LogP contribution in [0.15, 0.2) is 54.6 Å². The maximum atomic E-state index is 12.6. The number of para-hydroxylation sites is 1. The number of benzene rings is 2. The Kier molecular flexibility index (Phi) is 6.86. The van der Waals surface area contributed by atoms with Crippen molar-refractivity contribution in [1.82, 2.24) is 9.80 Å². The van der Waals surface area contributed by atoms with Gasteiger partial charge < -0.3 is 24.6 Å². The maximum absolute atomic E-state index is 12.6. The fraction of sp³-hybridized carbons (Fsp3) is 0.333. The molecular formula is C21H25N3O4. The highest BCUT2D eigenvalue weighted by Gasteiger charge is 2.21. The molecule has 1 saturated heterocycles. The third-order valence-electron chi connectivity index (χ3n) is 4.49. The number of amides is 3. The van der Waals surface area contributed by atoms with Gasteiger partial charge in [-0.25, -0.2) is 4.79 Å². The molecule has 0 atom stereocenters.